The van der Waals surface area contributed by atoms with E-state index >= 15 is 0 Å². The molecule has 0 bridgehead atoms. The molecule has 0 spiro atoms. The van der Waals surface area contributed by atoms with E-state index in [0.717, 1.165) is 24.3 Å². The third kappa shape index (κ3) is 6.14. The molecular formula is C27H28ClN3O2. The molecule has 1 saturated heterocycles. The first-order valence-electron chi connectivity index (χ1n) is 11.4. The lowest BCUT2D eigenvalue weighted by Crippen LogP contribution is -2.31. The standard InChI is InChI=1S/C27H28ClN3O2/c28-24-12-6-5-11-23(24)27(33)30-25(20-9-3-1-4-10-20)19-26(32)29-21-13-15-22(16-14-21)31-17-7-2-8-18-31/h1,3-6,9-16,25H,2,7-8,17-19H2,(H,29,32)(H,30,33). The lowest BCUT2D eigenvalue weighted by atomic mass is 10.0. The summed E-state index contributed by atoms with van der Waals surface area (Å²) in [4.78, 5) is 28.1. The van der Waals surface area contributed by atoms with E-state index in [0.29, 0.717) is 10.6 Å². The number of hydrogen-bond donors (Lipinski definition) is 2. The molecule has 170 valence electrons. The SMILES string of the molecule is O=C(CC(NC(=O)c1ccccc1Cl)c1ccccc1)Nc1ccc(N2CCCCC2)cc1. The van der Waals surface area contributed by atoms with E-state index in [9.17, 15) is 9.59 Å². The van der Waals surface area contributed by atoms with Gasteiger partial charge in [-0.1, -0.05) is 54.1 Å². The van der Waals surface area contributed by atoms with Gasteiger partial charge in [0, 0.05) is 24.5 Å². The van der Waals surface area contributed by atoms with E-state index in [4.69, 9.17) is 11.6 Å². The van der Waals surface area contributed by atoms with Crippen LogP contribution in [0.25, 0.3) is 0 Å². The quantitative estimate of drug-likeness (QED) is 0.465. The molecular weight excluding hydrogens is 434 g/mol. The van der Waals surface area contributed by atoms with Crippen molar-refractivity contribution >= 4 is 34.8 Å². The Morgan fingerprint density at radius 1 is 0.848 bits per heavy atom. The molecule has 2 amide bonds. The molecule has 0 radical (unpaired) electrons. The second-order valence-electron chi connectivity index (χ2n) is 8.26. The van der Waals surface area contributed by atoms with E-state index in [1.54, 1.807) is 24.3 Å². The fraction of sp³-hybridized carbons (Fsp3) is 0.259. The van der Waals surface area contributed by atoms with Crippen LogP contribution in [0.5, 0.6) is 0 Å². The summed E-state index contributed by atoms with van der Waals surface area (Å²) in [6.07, 6.45) is 3.84. The van der Waals surface area contributed by atoms with Crippen molar-refractivity contribution in [3.8, 4) is 0 Å². The number of hydrogen-bond acceptors (Lipinski definition) is 3. The predicted octanol–water partition coefficient (Wildman–Crippen LogP) is 5.83. The van der Waals surface area contributed by atoms with Gasteiger partial charge < -0.3 is 15.5 Å². The Labute approximate surface area is 199 Å². The van der Waals surface area contributed by atoms with Crippen LogP contribution in [-0.2, 0) is 4.79 Å². The van der Waals surface area contributed by atoms with Crippen molar-refractivity contribution in [2.24, 2.45) is 0 Å². The zero-order chi connectivity index (χ0) is 23.0. The average Bonchev–Trinajstić information content (AvgIpc) is 2.85. The maximum absolute atomic E-state index is 12.9. The summed E-state index contributed by atoms with van der Waals surface area (Å²) in [5.41, 5.74) is 3.16. The Hall–Kier alpha value is -3.31. The Balaban J connectivity index is 1.43. The number of carbonyl (C=O) groups is 2. The minimum absolute atomic E-state index is 0.105. The summed E-state index contributed by atoms with van der Waals surface area (Å²) >= 11 is 6.19. The molecule has 0 aliphatic carbocycles. The zero-order valence-electron chi connectivity index (χ0n) is 18.5. The van der Waals surface area contributed by atoms with Crippen molar-refractivity contribution in [2.75, 3.05) is 23.3 Å². The van der Waals surface area contributed by atoms with Crippen molar-refractivity contribution in [3.05, 3.63) is 95.0 Å². The highest BCUT2D eigenvalue weighted by atomic mass is 35.5. The lowest BCUT2D eigenvalue weighted by Gasteiger charge is -2.28. The monoisotopic (exact) mass is 461 g/mol. The number of benzene rings is 3. The fourth-order valence-electron chi connectivity index (χ4n) is 4.12. The van der Waals surface area contributed by atoms with Crippen LogP contribution < -0.4 is 15.5 Å². The highest BCUT2D eigenvalue weighted by molar-refractivity contribution is 6.33. The van der Waals surface area contributed by atoms with Gasteiger partial charge in [-0.05, 0) is 61.2 Å². The van der Waals surface area contributed by atoms with Crippen molar-refractivity contribution in [3.63, 3.8) is 0 Å². The van der Waals surface area contributed by atoms with Gasteiger partial charge in [0.05, 0.1) is 23.0 Å². The molecule has 1 fully saturated rings. The van der Waals surface area contributed by atoms with Crippen molar-refractivity contribution in [1.82, 2.24) is 5.32 Å². The minimum atomic E-state index is -0.484. The Morgan fingerprint density at radius 2 is 1.52 bits per heavy atom. The van der Waals surface area contributed by atoms with Crippen LogP contribution in [0.15, 0.2) is 78.9 Å². The number of amides is 2. The average molecular weight is 462 g/mol. The first-order chi connectivity index (χ1) is 16.1. The molecule has 1 aliphatic heterocycles. The van der Waals surface area contributed by atoms with E-state index in [1.165, 1.54) is 24.9 Å². The number of nitrogens with zero attached hydrogens (tertiary/aromatic N) is 1. The van der Waals surface area contributed by atoms with E-state index in [-0.39, 0.29) is 18.2 Å². The second-order valence-corrected chi connectivity index (χ2v) is 8.67. The van der Waals surface area contributed by atoms with Gasteiger partial charge in [0.15, 0.2) is 0 Å². The van der Waals surface area contributed by atoms with Gasteiger partial charge in [0.25, 0.3) is 5.91 Å². The van der Waals surface area contributed by atoms with Crippen molar-refractivity contribution in [2.45, 2.75) is 31.7 Å². The van der Waals surface area contributed by atoms with Crippen LogP contribution in [0, 0.1) is 0 Å². The molecule has 2 N–H and O–H groups in total. The second kappa shape index (κ2) is 11.0. The maximum atomic E-state index is 12.9. The normalized spacial score (nSPS) is 14.4. The number of carbonyl (C=O) groups excluding carboxylic acids is 2. The molecule has 3 aromatic rings. The third-order valence-corrected chi connectivity index (χ3v) is 6.22. The van der Waals surface area contributed by atoms with Crippen LogP contribution in [-0.4, -0.2) is 24.9 Å². The largest absolute Gasteiger partial charge is 0.372 e. The van der Waals surface area contributed by atoms with Gasteiger partial charge in [-0.2, -0.15) is 0 Å². The number of rotatable bonds is 7. The number of anilines is 2. The lowest BCUT2D eigenvalue weighted by molar-refractivity contribution is -0.116. The first-order valence-corrected chi connectivity index (χ1v) is 11.7. The summed E-state index contributed by atoms with van der Waals surface area (Å²) in [6.45, 7) is 2.16. The van der Waals surface area contributed by atoms with Crippen LogP contribution in [0.3, 0.4) is 0 Å². The Morgan fingerprint density at radius 3 is 2.21 bits per heavy atom. The van der Waals surface area contributed by atoms with E-state index < -0.39 is 6.04 Å². The summed E-state index contributed by atoms with van der Waals surface area (Å²) in [5, 5.41) is 6.31. The highest BCUT2D eigenvalue weighted by Crippen LogP contribution is 2.24. The summed E-state index contributed by atoms with van der Waals surface area (Å²) in [7, 11) is 0. The molecule has 4 rings (SSSR count). The fourth-order valence-corrected chi connectivity index (χ4v) is 4.35. The van der Waals surface area contributed by atoms with E-state index in [2.05, 4.69) is 27.7 Å². The summed E-state index contributed by atoms with van der Waals surface area (Å²) in [6, 6.07) is 23.9. The van der Waals surface area contributed by atoms with Crippen LogP contribution in [0.4, 0.5) is 11.4 Å². The topological polar surface area (TPSA) is 61.4 Å². The predicted molar refractivity (Wildman–Crippen MR) is 134 cm³/mol. The minimum Gasteiger partial charge on any atom is -0.372 e. The molecule has 6 heteroatoms. The highest BCUT2D eigenvalue weighted by Gasteiger charge is 2.20. The van der Waals surface area contributed by atoms with Crippen LogP contribution in [0.2, 0.25) is 5.02 Å². The molecule has 33 heavy (non-hydrogen) atoms. The van der Waals surface area contributed by atoms with Crippen molar-refractivity contribution in [1.29, 1.82) is 0 Å². The molecule has 0 saturated carbocycles. The number of halogens is 1. The Bertz CT molecular complexity index is 1080. The van der Waals surface area contributed by atoms with Crippen molar-refractivity contribution < 1.29 is 9.59 Å². The van der Waals surface area contributed by atoms with Crippen LogP contribution >= 0.6 is 11.6 Å². The summed E-state index contributed by atoms with van der Waals surface area (Å²) < 4.78 is 0. The summed E-state index contributed by atoms with van der Waals surface area (Å²) in [5.74, 6) is -0.484. The first kappa shape index (κ1) is 22.9. The van der Waals surface area contributed by atoms with E-state index in [1.807, 2.05) is 42.5 Å². The number of piperidine rings is 1. The zero-order valence-corrected chi connectivity index (χ0v) is 19.2. The number of nitrogens with one attached hydrogen (secondary N) is 2. The molecule has 5 nitrogen and oxygen atoms in total. The van der Waals surface area contributed by atoms with Gasteiger partial charge in [-0.15, -0.1) is 0 Å². The van der Waals surface area contributed by atoms with Gasteiger partial charge >= 0.3 is 0 Å². The Kier molecular flexibility index (Phi) is 7.63. The third-order valence-electron chi connectivity index (χ3n) is 5.89. The molecule has 1 unspecified atom stereocenters. The molecule has 1 aliphatic rings. The molecule has 1 atom stereocenters. The smallest absolute Gasteiger partial charge is 0.253 e. The van der Waals surface area contributed by atoms with Gasteiger partial charge in [-0.25, -0.2) is 0 Å². The van der Waals surface area contributed by atoms with Gasteiger partial charge in [0.2, 0.25) is 5.91 Å². The van der Waals surface area contributed by atoms with Gasteiger partial charge in [0.1, 0.15) is 0 Å². The molecule has 1 heterocycles. The molecule has 3 aromatic carbocycles. The van der Waals surface area contributed by atoms with Gasteiger partial charge in [-0.3, -0.25) is 9.59 Å². The maximum Gasteiger partial charge on any atom is 0.253 e. The molecule has 0 aromatic heterocycles. The van der Waals surface area contributed by atoms with Crippen LogP contribution in [0.1, 0.15) is 47.6 Å².